The molecule has 2 N–H and O–H groups in total. The van der Waals surface area contributed by atoms with Crippen LogP contribution in [0.3, 0.4) is 0 Å². The summed E-state index contributed by atoms with van der Waals surface area (Å²) >= 11 is 1.20. The van der Waals surface area contributed by atoms with Gasteiger partial charge in [-0.2, -0.15) is 0 Å². The van der Waals surface area contributed by atoms with Gasteiger partial charge in [0.2, 0.25) is 11.8 Å². The van der Waals surface area contributed by atoms with E-state index >= 15 is 0 Å². The largest absolute Gasteiger partial charge is 0.460 e. The SMILES string of the molecule is CC(C)(C)OC(=O)CCNC(=O)C(Cc1ccccc1)NC(=O)Cn1sc2ccccc2c1=O. The van der Waals surface area contributed by atoms with E-state index in [1.54, 1.807) is 32.9 Å². The van der Waals surface area contributed by atoms with Gasteiger partial charge in [0.15, 0.2) is 0 Å². The second kappa shape index (κ2) is 11.1. The summed E-state index contributed by atoms with van der Waals surface area (Å²) in [5.74, 6) is -1.28. The smallest absolute Gasteiger partial charge is 0.308 e. The molecule has 0 bridgehead atoms. The number of rotatable bonds is 9. The van der Waals surface area contributed by atoms with Gasteiger partial charge in [0.05, 0.1) is 16.5 Å². The predicted molar refractivity (Wildman–Crippen MR) is 132 cm³/mol. The van der Waals surface area contributed by atoms with Gasteiger partial charge in [-0.15, -0.1) is 0 Å². The molecule has 0 aliphatic heterocycles. The predicted octanol–water partition coefficient (Wildman–Crippen LogP) is 2.64. The maximum atomic E-state index is 12.9. The number of carbonyl (C=O) groups excluding carboxylic acids is 3. The van der Waals surface area contributed by atoms with Crippen molar-refractivity contribution in [1.82, 2.24) is 14.6 Å². The molecule has 9 heteroatoms. The molecule has 1 heterocycles. The van der Waals surface area contributed by atoms with Crippen LogP contribution in [0.4, 0.5) is 0 Å². The van der Waals surface area contributed by atoms with Crippen LogP contribution in [0, 0.1) is 0 Å². The van der Waals surface area contributed by atoms with Gasteiger partial charge in [-0.1, -0.05) is 54.0 Å². The minimum Gasteiger partial charge on any atom is -0.460 e. The van der Waals surface area contributed by atoms with E-state index in [2.05, 4.69) is 10.6 Å². The standard InChI is InChI=1S/C25H29N3O5S/c1-25(2,3)33-22(30)13-14-26-23(31)19(15-17-9-5-4-6-10-17)27-21(29)16-28-24(32)18-11-7-8-12-20(18)34-28/h4-12,19H,13-16H2,1-3H3,(H,26,31)(H,27,29). The molecule has 8 nitrogen and oxygen atoms in total. The summed E-state index contributed by atoms with van der Waals surface area (Å²) in [5, 5.41) is 6.00. The van der Waals surface area contributed by atoms with Gasteiger partial charge in [0.1, 0.15) is 18.2 Å². The van der Waals surface area contributed by atoms with E-state index in [1.807, 2.05) is 42.5 Å². The molecule has 0 fully saturated rings. The van der Waals surface area contributed by atoms with Crippen molar-refractivity contribution < 1.29 is 19.1 Å². The van der Waals surface area contributed by atoms with Crippen molar-refractivity contribution in [2.24, 2.45) is 0 Å². The molecule has 34 heavy (non-hydrogen) atoms. The monoisotopic (exact) mass is 483 g/mol. The van der Waals surface area contributed by atoms with Gasteiger partial charge in [-0.05, 0) is 38.5 Å². The van der Waals surface area contributed by atoms with Crippen molar-refractivity contribution in [3.8, 4) is 0 Å². The molecule has 0 aliphatic carbocycles. The van der Waals surface area contributed by atoms with Crippen molar-refractivity contribution in [3.05, 3.63) is 70.5 Å². The minimum absolute atomic E-state index is 0.0200. The Hall–Kier alpha value is -3.46. The number of fused-ring (bicyclic) bond motifs is 1. The highest BCUT2D eigenvalue weighted by Crippen LogP contribution is 2.15. The number of amides is 2. The molecule has 1 atom stereocenters. The molecule has 0 saturated carbocycles. The highest BCUT2D eigenvalue weighted by Gasteiger charge is 2.23. The third-order valence-corrected chi connectivity index (χ3v) is 5.89. The van der Waals surface area contributed by atoms with Gasteiger partial charge in [0.25, 0.3) is 5.56 Å². The zero-order valence-electron chi connectivity index (χ0n) is 19.5. The van der Waals surface area contributed by atoms with E-state index in [-0.39, 0.29) is 31.5 Å². The summed E-state index contributed by atoms with van der Waals surface area (Å²) in [4.78, 5) is 50.1. The van der Waals surface area contributed by atoms with Crippen LogP contribution in [-0.4, -0.2) is 39.9 Å². The zero-order chi connectivity index (χ0) is 24.7. The quantitative estimate of drug-likeness (QED) is 0.455. The lowest BCUT2D eigenvalue weighted by molar-refractivity contribution is -0.154. The highest BCUT2D eigenvalue weighted by molar-refractivity contribution is 7.13. The van der Waals surface area contributed by atoms with Crippen LogP contribution in [0.2, 0.25) is 0 Å². The fourth-order valence-electron chi connectivity index (χ4n) is 3.35. The zero-order valence-corrected chi connectivity index (χ0v) is 20.3. The number of aromatic nitrogens is 1. The average molecular weight is 484 g/mol. The summed E-state index contributed by atoms with van der Waals surface area (Å²) in [7, 11) is 0. The van der Waals surface area contributed by atoms with Crippen LogP contribution in [0.5, 0.6) is 0 Å². The maximum Gasteiger partial charge on any atom is 0.308 e. The molecule has 3 aromatic rings. The topological polar surface area (TPSA) is 106 Å². The number of benzene rings is 2. The van der Waals surface area contributed by atoms with Gasteiger partial charge in [-0.3, -0.25) is 23.1 Å². The normalized spacial score (nSPS) is 12.2. The molecule has 180 valence electrons. The third-order valence-electron chi connectivity index (χ3n) is 4.82. The van der Waals surface area contributed by atoms with E-state index in [9.17, 15) is 19.2 Å². The van der Waals surface area contributed by atoms with E-state index in [0.717, 1.165) is 10.3 Å². The third kappa shape index (κ3) is 7.28. The first-order chi connectivity index (χ1) is 16.1. The lowest BCUT2D eigenvalue weighted by Crippen LogP contribution is -2.49. The molecule has 2 amide bonds. The van der Waals surface area contributed by atoms with Crippen LogP contribution in [-0.2, 0) is 32.1 Å². The highest BCUT2D eigenvalue weighted by atomic mass is 32.1. The van der Waals surface area contributed by atoms with Gasteiger partial charge >= 0.3 is 5.97 Å². The number of ether oxygens (including phenoxy) is 1. The van der Waals surface area contributed by atoms with E-state index in [1.165, 1.54) is 15.5 Å². The minimum atomic E-state index is -0.862. The number of hydrogen-bond acceptors (Lipinski definition) is 6. The number of esters is 1. The molecule has 0 radical (unpaired) electrons. The summed E-state index contributed by atoms with van der Waals surface area (Å²) in [5.41, 5.74) is 0.0292. The van der Waals surface area contributed by atoms with Crippen molar-refractivity contribution in [2.75, 3.05) is 6.54 Å². The first kappa shape index (κ1) is 25.2. The summed E-state index contributed by atoms with van der Waals surface area (Å²) < 4.78 is 7.42. The van der Waals surface area contributed by atoms with Crippen molar-refractivity contribution in [3.63, 3.8) is 0 Å². The van der Waals surface area contributed by atoms with E-state index in [0.29, 0.717) is 5.39 Å². The van der Waals surface area contributed by atoms with Crippen LogP contribution in [0.1, 0.15) is 32.8 Å². The van der Waals surface area contributed by atoms with Crippen LogP contribution >= 0.6 is 11.5 Å². The fourth-order valence-corrected chi connectivity index (χ4v) is 4.35. The Morgan fingerprint density at radius 1 is 1.03 bits per heavy atom. The van der Waals surface area contributed by atoms with E-state index in [4.69, 9.17) is 4.74 Å². The molecule has 0 spiro atoms. The molecule has 0 aliphatic rings. The number of nitrogens with zero attached hydrogens (tertiary/aromatic N) is 1. The second-order valence-corrected chi connectivity index (χ2v) is 9.93. The Kier molecular flexibility index (Phi) is 8.22. The Labute approximate surface area is 202 Å². The Morgan fingerprint density at radius 2 is 1.71 bits per heavy atom. The lowest BCUT2D eigenvalue weighted by Gasteiger charge is -2.20. The van der Waals surface area contributed by atoms with Crippen LogP contribution < -0.4 is 16.2 Å². The molecule has 1 unspecified atom stereocenters. The van der Waals surface area contributed by atoms with Gasteiger partial charge in [0, 0.05) is 13.0 Å². The van der Waals surface area contributed by atoms with Crippen molar-refractivity contribution in [2.45, 2.75) is 51.8 Å². The number of carbonyl (C=O) groups is 3. The first-order valence-corrected chi connectivity index (χ1v) is 11.8. The first-order valence-electron chi connectivity index (χ1n) is 11.0. The number of hydrogen-bond donors (Lipinski definition) is 2. The Bertz CT molecular complexity index is 1210. The second-order valence-electron chi connectivity index (χ2n) is 8.87. The summed E-state index contributed by atoms with van der Waals surface area (Å²) in [6.45, 7) is 5.23. The Morgan fingerprint density at radius 3 is 2.38 bits per heavy atom. The maximum absolute atomic E-state index is 12.9. The fraction of sp³-hybridized carbons (Fsp3) is 0.360. The lowest BCUT2D eigenvalue weighted by atomic mass is 10.1. The van der Waals surface area contributed by atoms with Gasteiger partial charge < -0.3 is 15.4 Å². The van der Waals surface area contributed by atoms with Crippen LogP contribution in [0.25, 0.3) is 10.1 Å². The molecule has 2 aromatic carbocycles. The Balaban J connectivity index is 1.65. The molecule has 1 aromatic heterocycles. The average Bonchev–Trinajstić information content (AvgIpc) is 3.08. The molecular formula is C25H29N3O5S. The van der Waals surface area contributed by atoms with Crippen molar-refractivity contribution in [1.29, 1.82) is 0 Å². The van der Waals surface area contributed by atoms with Gasteiger partial charge in [-0.25, -0.2) is 0 Å². The molecule has 0 saturated heterocycles. The van der Waals surface area contributed by atoms with Crippen molar-refractivity contribution >= 4 is 39.4 Å². The summed E-state index contributed by atoms with van der Waals surface area (Å²) in [6, 6.07) is 15.6. The van der Waals surface area contributed by atoms with Crippen LogP contribution in [0.15, 0.2) is 59.4 Å². The summed E-state index contributed by atoms with van der Waals surface area (Å²) in [6.07, 6.45) is 0.290. The molecule has 3 rings (SSSR count). The molecular weight excluding hydrogens is 454 g/mol. The number of nitrogens with one attached hydrogen (secondary N) is 2. The van der Waals surface area contributed by atoms with E-state index < -0.39 is 29.4 Å².